The van der Waals surface area contributed by atoms with Gasteiger partial charge in [-0.15, -0.1) is 0 Å². The van der Waals surface area contributed by atoms with Gasteiger partial charge in [0.05, 0.1) is 4.92 Å². The molecule has 0 aliphatic heterocycles. The van der Waals surface area contributed by atoms with Crippen LogP contribution in [0.1, 0.15) is 11.1 Å². The maximum Gasteiger partial charge on any atom is 0.269 e. The quantitative estimate of drug-likeness (QED) is 0.443. The number of non-ortho nitro benzene ring substituents is 1. The Labute approximate surface area is 110 Å². The molecule has 87 valence electrons. The van der Waals surface area contributed by atoms with Crippen LogP contribution in [0.3, 0.4) is 0 Å². The highest BCUT2D eigenvalue weighted by Crippen LogP contribution is 2.11. The lowest BCUT2D eigenvalue weighted by Gasteiger charge is -1.92. The minimum Gasteiger partial charge on any atom is -0.258 e. The largest absolute Gasteiger partial charge is 0.269 e. The molecule has 3 nitrogen and oxygen atoms in total. The zero-order valence-corrected chi connectivity index (χ0v) is 10.1. The van der Waals surface area contributed by atoms with E-state index < -0.39 is 4.92 Å². The SMILES string of the molecule is O=[N+]([O-])c1ccc(C#Cc2ccc([S])cc2)cc1. The standard InChI is InChI=1S/C14H8NO2S/c16-15(17)13-7-3-11(4-8-13)1-2-12-5-9-14(18)10-6-12/h3-10H. The molecule has 0 N–H and O–H groups in total. The third-order valence-electron chi connectivity index (χ3n) is 2.28. The molecular formula is C14H8NO2S. The first-order chi connectivity index (χ1) is 8.65. The Morgan fingerprint density at radius 1 is 0.889 bits per heavy atom. The van der Waals surface area contributed by atoms with Gasteiger partial charge >= 0.3 is 0 Å². The van der Waals surface area contributed by atoms with E-state index in [0.29, 0.717) is 0 Å². The second-order valence-electron chi connectivity index (χ2n) is 3.58. The van der Waals surface area contributed by atoms with Crippen LogP contribution in [-0.4, -0.2) is 4.92 Å². The minimum absolute atomic E-state index is 0.0657. The number of rotatable bonds is 1. The molecule has 1 radical (unpaired) electrons. The molecule has 0 heterocycles. The molecule has 2 rings (SSSR count). The smallest absolute Gasteiger partial charge is 0.258 e. The van der Waals surface area contributed by atoms with Crippen molar-refractivity contribution in [3.8, 4) is 11.8 Å². The van der Waals surface area contributed by atoms with Crippen LogP contribution in [0.15, 0.2) is 53.4 Å². The van der Waals surface area contributed by atoms with Gasteiger partial charge in [0.2, 0.25) is 0 Å². The molecule has 0 saturated carbocycles. The fourth-order valence-electron chi connectivity index (χ4n) is 1.35. The van der Waals surface area contributed by atoms with Crippen LogP contribution >= 0.6 is 12.6 Å². The first-order valence-electron chi connectivity index (χ1n) is 5.19. The summed E-state index contributed by atoms with van der Waals surface area (Å²) in [6.07, 6.45) is 0. The highest BCUT2D eigenvalue weighted by Gasteiger charge is 2.02. The molecule has 0 aliphatic rings. The van der Waals surface area contributed by atoms with Crippen molar-refractivity contribution in [1.82, 2.24) is 0 Å². The van der Waals surface area contributed by atoms with Crippen LogP contribution in [0.2, 0.25) is 0 Å². The Kier molecular flexibility index (Phi) is 3.56. The van der Waals surface area contributed by atoms with Crippen LogP contribution in [0, 0.1) is 22.0 Å². The van der Waals surface area contributed by atoms with Crippen molar-refractivity contribution < 1.29 is 4.92 Å². The van der Waals surface area contributed by atoms with Crippen molar-refractivity contribution in [3.63, 3.8) is 0 Å². The fourth-order valence-corrected chi connectivity index (χ4v) is 1.49. The third-order valence-corrected chi connectivity index (χ3v) is 2.56. The predicted molar refractivity (Wildman–Crippen MR) is 71.4 cm³/mol. The van der Waals surface area contributed by atoms with E-state index in [1.54, 1.807) is 12.1 Å². The Balaban J connectivity index is 2.19. The van der Waals surface area contributed by atoms with Crippen LogP contribution < -0.4 is 0 Å². The Morgan fingerprint density at radius 2 is 1.33 bits per heavy atom. The van der Waals surface area contributed by atoms with E-state index >= 15 is 0 Å². The second kappa shape index (κ2) is 5.30. The van der Waals surface area contributed by atoms with Crippen molar-refractivity contribution in [1.29, 1.82) is 0 Å². The summed E-state index contributed by atoms with van der Waals surface area (Å²) < 4.78 is 0. The molecule has 0 aliphatic carbocycles. The summed E-state index contributed by atoms with van der Waals surface area (Å²) in [4.78, 5) is 10.8. The summed E-state index contributed by atoms with van der Waals surface area (Å²) in [5, 5.41) is 10.5. The molecule has 0 atom stereocenters. The summed E-state index contributed by atoms with van der Waals surface area (Å²) >= 11 is 4.98. The second-order valence-corrected chi connectivity index (χ2v) is 4.05. The van der Waals surface area contributed by atoms with Gasteiger partial charge in [-0.1, -0.05) is 24.5 Å². The Hall–Kier alpha value is -2.38. The maximum atomic E-state index is 10.5. The molecule has 0 unspecified atom stereocenters. The lowest BCUT2D eigenvalue weighted by Crippen LogP contribution is -1.86. The van der Waals surface area contributed by atoms with Crippen molar-refractivity contribution in [2.24, 2.45) is 0 Å². The summed E-state index contributed by atoms with van der Waals surface area (Å²) in [6, 6.07) is 13.5. The molecule has 4 heteroatoms. The molecule has 0 fully saturated rings. The molecule has 0 bridgehead atoms. The Bertz CT molecular complexity index is 622. The molecule has 0 saturated heterocycles. The number of hydrogen-bond donors (Lipinski definition) is 0. The van der Waals surface area contributed by atoms with Gasteiger partial charge in [-0.3, -0.25) is 10.1 Å². The number of nitrogens with zero attached hydrogens (tertiary/aromatic N) is 1. The van der Waals surface area contributed by atoms with Crippen molar-refractivity contribution >= 4 is 18.3 Å². The van der Waals surface area contributed by atoms with E-state index in [9.17, 15) is 10.1 Å². The average molecular weight is 254 g/mol. The maximum absolute atomic E-state index is 10.5. The van der Waals surface area contributed by atoms with E-state index in [1.165, 1.54) is 12.1 Å². The van der Waals surface area contributed by atoms with Crippen molar-refractivity contribution in [3.05, 3.63) is 69.8 Å². The zero-order valence-electron chi connectivity index (χ0n) is 9.29. The van der Waals surface area contributed by atoms with Crippen molar-refractivity contribution in [2.45, 2.75) is 4.90 Å². The van der Waals surface area contributed by atoms with Gasteiger partial charge in [0.25, 0.3) is 5.69 Å². The first-order valence-corrected chi connectivity index (χ1v) is 5.59. The molecule has 0 spiro atoms. The summed E-state index contributed by atoms with van der Waals surface area (Å²) in [5.41, 5.74) is 1.67. The van der Waals surface area contributed by atoms with Crippen LogP contribution in [0.4, 0.5) is 5.69 Å². The molecule has 0 aromatic heterocycles. The normalized spacial score (nSPS) is 9.33. The third kappa shape index (κ3) is 3.06. The molecule has 2 aromatic carbocycles. The van der Waals surface area contributed by atoms with E-state index in [0.717, 1.165) is 16.0 Å². The molecule has 2 aromatic rings. The minimum atomic E-state index is -0.431. The topological polar surface area (TPSA) is 43.1 Å². The monoisotopic (exact) mass is 254 g/mol. The highest BCUT2D eigenvalue weighted by atomic mass is 32.1. The number of nitro benzene ring substituents is 1. The number of nitro groups is 1. The molecular weight excluding hydrogens is 246 g/mol. The summed E-state index contributed by atoms with van der Waals surface area (Å²) in [5.74, 6) is 5.91. The van der Waals surface area contributed by atoms with E-state index in [1.807, 2.05) is 24.3 Å². The van der Waals surface area contributed by atoms with E-state index in [-0.39, 0.29) is 5.69 Å². The highest BCUT2D eigenvalue weighted by molar-refractivity contribution is 7.80. The van der Waals surface area contributed by atoms with Gasteiger partial charge in [-0.2, -0.15) is 0 Å². The Morgan fingerprint density at radius 3 is 1.78 bits per heavy atom. The van der Waals surface area contributed by atoms with Gasteiger partial charge in [0, 0.05) is 28.2 Å². The lowest BCUT2D eigenvalue weighted by molar-refractivity contribution is -0.384. The fraction of sp³-hybridized carbons (Fsp3) is 0. The first kappa shape index (κ1) is 12.1. The summed E-state index contributed by atoms with van der Waals surface area (Å²) in [7, 11) is 0. The van der Waals surface area contributed by atoms with Crippen molar-refractivity contribution in [2.75, 3.05) is 0 Å². The van der Waals surface area contributed by atoms with Gasteiger partial charge < -0.3 is 0 Å². The summed E-state index contributed by atoms with van der Waals surface area (Å²) in [6.45, 7) is 0. The number of benzene rings is 2. The number of hydrogen-bond acceptors (Lipinski definition) is 2. The van der Waals surface area contributed by atoms with Gasteiger partial charge in [0.1, 0.15) is 0 Å². The van der Waals surface area contributed by atoms with E-state index in [4.69, 9.17) is 12.6 Å². The lowest BCUT2D eigenvalue weighted by atomic mass is 10.2. The predicted octanol–water partition coefficient (Wildman–Crippen LogP) is 3.55. The van der Waals surface area contributed by atoms with Gasteiger partial charge in [-0.25, -0.2) is 0 Å². The van der Waals surface area contributed by atoms with Crippen LogP contribution in [0.5, 0.6) is 0 Å². The van der Waals surface area contributed by atoms with Crippen LogP contribution in [0.25, 0.3) is 0 Å². The molecule has 0 amide bonds. The zero-order chi connectivity index (χ0) is 13.0. The van der Waals surface area contributed by atoms with Gasteiger partial charge in [0.15, 0.2) is 0 Å². The van der Waals surface area contributed by atoms with E-state index in [2.05, 4.69) is 11.8 Å². The average Bonchev–Trinajstić information content (AvgIpc) is 2.38. The van der Waals surface area contributed by atoms with Crippen LogP contribution in [-0.2, 0) is 0 Å². The molecule has 18 heavy (non-hydrogen) atoms. The van der Waals surface area contributed by atoms with Gasteiger partial charge in [-0.05, 0) is 36.4 Å².